The van der Waals surface area contributed by atoms with E-state index in [-0.39, 0.29) is 56.7 Å². The van der Waals surface area contributed by atoms with E-state index in [4.69, 9.17) is 0 Å². The first-order valence-electron chi connectivity index (χ1n) is 0. The first-order valence-corrected chi connectivity index (χ1v) is 0. The molecule has 0 saturated carbocycles. The van der Waals surface area contributed by atoms with Gasteiger partial charge in [0.2, 0.25) is 0 Å². The van der Waals surface area contributed by atoms with E-state index in [0.29, 0.717) is 0 Å². The minimum Gasteiger partial charge on any atom is -1.00 e. The molecule has 0 atom stereocenters. The van der Waals surface area contributed by atoms with Gasteiger partial charge in [0.15, 0.2) is 0 Å². The molecule has 0 saturated heterocycles. The average Bonchev–Trinajstić information content (AvgIpc) is 0. The van der Waals surface area contributed by atoms with Gasteiger partial charge in [-0.3, -0.25) is 0 Å². The Labute approximate surface area is 57.2 Å². The minimum atomic E-state index is 0. The predicted molar refractivity (Wildman–Crippen MR) is 6.87 cm³/mol. The third kappa shape index (κ3) is 97.9. The van der Waals surface area contributed by atoms with Gasteiger partial charge in [0.25, 0.3) is 0 Å². The minimum absolute atomic E-state index is 0. The van der Waals surface area contributed by atoms with E-state index in [2.05, 4.69) is 0 Å². The third-order valence-electron chi connectivity index (χ3n) is 0. The molecule has 0 aliphatic heterocycles. The molecule has 0 nitrogen and oxygen atoms in total. The second-order valence-electron chi connectivity index (χ2n) is 0. The third-order valence-corrected chi connectivity index (χ3v) is 0. The van der Waals surface area contributed by atoms with E-state index in [1.165, 1.54) is 0 Å². The zero-order valence-electron chi connectivity index (χ0n) is 4.01. The summed E-state index contributed by atoms with van der Waals surface area (Å²) in [5.74, 6) is 0. The summed E-state index contributed by atoms with van der Waals surface area (Å²) < 4.78 is 0. The Bertz CT molecular complexity index is 11.7. The molecule has 0 radical (unpaired) electrons. The first kappa shape index (κ1) is 318. The van der Waals surface area contributed by atoms with Crippen molar-refractivity contribution in [1.82, 2.24) is 0 Å². The van der Waals surface area contributed by atoms with Crippen molar-refractivity contribution in [3.05, 3.63) is 0 Å². The molecule has 0 fully saturated rings. The number of hydrogen-bond acceptors (Lipinski definition) is 0. The van der Waals surface area contributed by atoms with E-state index in [0.717, 1.165) is 0 Å². The molecular weight excluding hydrogens is 156 g/mol. The van der Waals surface area contributed by atoms with Crippen LogP contribution in [0.5, 0.6) is 0 Å². The normalized spacial score (nSPS) is 0. The van der Waals surface area contributed by atoms with Crippen LogP contribution >= 0.6 is 0 Å². The molecule has 0 aromatic carbocycles. The molecule has 34 valence electrons. The van der Waals surface area contributed by atoms with Crippen LogP contribution in [0.2, 0.25) is 0 Å². The van der Waals surface area contributed by atoms with Crippen molar-refractivity contribution in [2.45, 2.75) is 0 Å². The van der Waals surface area contributed by atoms with Gasteiger partial charge in [-0.2, -0.15) is 0 Å². The molecule has 0 aromatic rings. The van der Waals surface area contributed by atoms with Gasteiger partial charge in [0.05, 0.1) is 0 Å². The summed E-state index contributed by atoms with van der Waals surface area (Å²) in [7, 11) is 0. The maximum Gasteiger partial charge on any atom is 4.00 e. The van der Waals surface area contributed by atoms with E-state index in [1.54, 1.807) is 0 Å². The van der Waals surface area contributed by atoms with Crippen LogP contribution in [-0.2, 0) is 0 Å². The molecule has 0 N–H and O–H groups in total. The van der Waals surface area contributed by atoms with Crippen LogP contribution in [-0.4, -0.2) is 17.6 Å². The standard InChI is InChI=1S/4FH.Ge.Li.H/h4*1H;;;/q;;;;+4;+1;-1/p-4. The Morgan fingerprint density at radius 3 is 0.667 bits per heavy atom. The van der Waals surface area contributed by atoms with E-state index in [1.807, 2.05) is 0 Å². The van der Waals surface area contributed by atoms with E-state index >= 15 is 0 Å². The number of halogens is 4. The smallest absolute Gasteiger partial charge is 1.00 e. The van der Waals surface area contributed by atoms with Gasteiger partial charge >= 0.3 is 36.5 Å². The molecule has 0 amide bonds. The van der Waals surface area contributed by atoms with Crippen molar-refractivity contribution < 1.29 is 39.1 Å². The molecule has 0 heterocycles. The molecule has 6 heavy (non-hydrogen) atoms. The van der Waals surface area contributed by atoms with Gasteiger partial charge in [0.1, 0.15) is 0 Å². The average molecular weight is 157 g/mol. The van der Waals surface area contributed by atoms with Crippen molar-refractivity contribution in [3.8, 4) is 0 Å². The van der Waals surface area contributed by atoms with Crippen molar-refractivity contribution in [2.75, 3.05) is 0 Å². The summed E-state index contributed by atoms with van der Waals surface area (Å²) in [5, 5.41) is 0. The van der Waals surface area contributed by atoms with Gasteiger partial charge in [-0.25, -0.2) is 0 Å². The van der Waals surface area contributed by atoms with Crippen LogP contribution in [0, 0.1) is 0 Å². The Morgan fingerprint density at radius 2 is 0.667 bits per heavy atom. The Morgan fingerprint density at radius 1 is 0.667 bits per heavy atom. The largest absolute Gasteiger partial charge is 4.00 e. The maximum atomic E-state index is 0. The van der Waals surface area contributed by atoms with Gasteiger partial charge in [-0.05, 0) is 0 Å². The van der Waals surface area contributed by atoms with Crippen molar-refractivity contribution in [1.29, 1.82) is 0 Å². The summed E-state index contributed by atoms with van der Waals surface area (Å²) in [6, 6.07) is 0. The van der Waals surface area contributed by atoms with Crippen LogP contribution < -0.4 is 37.7 Å². The molecule has 0 unspecified atom stereocenters. The summed E-state index contributed by atoms with van der Waals surface area (Å²) >= 11 is 0. The first-order chi connectivity index (χ1) is 0. The fraction of sp³-hybridized carbons (Fsp3) is 0. The van der Waals surface area contributed by atoms with Crippen LogP contribution in [0.1, 0.15) is 1.43 Å². The van der Waals surface area contributed by atoms with Gasteiger partial charge < -0.3 is 20.2 Å². The summed E-state index contributed by atoms with van der Waals surface area (Å²) in [6.45, 7) is 0. The van der Waals surface area contributed by atoms with Gasteiger partial charge in [-0.1, -0.05) is 0 Å². The molecule has 0 bridgehead atoms. The van der Waals surface area contributed by atoms with Crippen LogP contribution in [0.15, 0.2) is 0 Å². The maximum absolute atomic E-state index is 0. The predicted octanol–water partition coefficient (Wildman–Crippen LogP) is -15.2. The zero-order chi connectivity index (χ0) is 0. The quantitative estimate of drug-likeness (QED) is 0.241. The number of hydrogen-bond donors (Lipinski definition) is 0. The fourth-order valence-corrected chi connectivity index (χ4v) is 0. The van der Waals surface area contributed by atoms with Crippen molar-refractivity contribution in [2.24, 2.45) is 0 Å². The van der Waals surface area contributed by atoms with Crippen LogP contribution in [0.25, 0.3) is 0 Å². The summed E-state index contributed by atoms with van der Waals surface area (Å²) in [4.78, 5) is 0. The molecule has 0 aliphatic rings. The Balaban J connectivity index is 0. The molecule has 6 heteroatoms. The zero-order valence-corrected chi connectivity index (χ0v) is 5.11. The monoisotopic (exact) mass is 158 g/mol. The summed E-state index contributed by atoms with van der Waals surface area (Å²) in [5.41, 5.74) is 0. The van der Waals surface area contributed by atoms with E-state index < -0.39 is 0 Å². The van der Waals surface area contributed by atoms with Crippen molar-refractivity contribution >= 4 is 17.6 Å². The molecular formula is HF4GeLi. The number of rotatable bonds is 0. The molecule has 0 aromatic heterocycles. The van der Waals surface area contributed by atoms with Crippen molar-refractivity contribution in [3.63, 3.8) is 0 Å². The van der Waals surface area contributed by atoms with Crippen LogP contribution in [0.3, 0.4) is 0 Å². The van der Waals surface area contributed by atoms with Crippen LogP contribution in [0.4, 0.5) is 0 Å². The second kappa shape index (κ2) is 187. The second-order valence-corrected chi connectivity index (χ2v) is 0. The van der Waals surface area contributed by atoms with E-state index in [9.17, 15) is 0 Å². The topological polar surface area (TPSA) is 0 Å². The molecule has 0 aliphatic carbocycles. The van der Waals surface area contributed by atoms with Gasteiger partial charge in [-0.15, -0.1) is 0 Å². The molecule has 0 spiro atoms. The SMILES string of the molecule is [F-].[F-].[F-].[F-].[Ge+4].[H-].[Li+]. The fourth-order valence-electron chi connectivity index (χ4n) is 0. The summed E-state index contributed by atoms with van der Waals surface area (Å²) in [6.07, 6.45) is 0. The Hall–Kier alpha value is 0.860. The molecule has 0 rings (SSSR count). The Kier molecular flexibility index (Phi) is 9930. The van der Waals surface area contributed by atoms with Gasteiger partial charge in [0, 0.05) is 0 Å².